The second-order valence-corrected chi connectivity index (χ2v) is 7.76. The quantitative estimate of drug-likeness (QED) is 0.549. The Labute approximate surface area is 189 Å². The molecule has 2 aromatic carbocycles. The highest BCUT2D eigenvalue weighted by Gasteiger charge is 2.20. The highest BCUT2D eigenvalue weighted by Crippen LogP contribution is 2.13. The van der Waals surface area contributed by atoms with Crippen molar-refractivity contribution in [2.24, 2.45) is 0 Å². The third-order valence-electron chi connectivity index (χ3n) is 4.67. The van der Waals surface area contributed by atoms with Crippen LogP contribution in [-0.2, 0) is 6.54 Å². The van der Waals surface area contributed by atoms with Gasteiger partial charge in [0.25, 0.3) is 11.5 Å². The first kappa shape index (κ1) is 23.2. The van der Waals surface area contributed by atoms with Gasteiger partial charge in [0.2, 0.25) is 5.69 Å². The van der Waals surface area contributed by atoms with Gasteiger partial charge in [-0.2, -0.15) is 9.78 Å². The Morgan fingerprint density at radius 2 is 1.88 bits per heavy atom. The van der Waals surface area contributed by atoms with E-state index in [0.717, 1.165) is 9.25 Å². The SMILES string of the molecule is COc1ccc(-n2nc(C(=O)NCCN(C)C)c(=O)n(Cc3cccc(Cl)c3)c2=O)cc1. The molecule has 3 aromatic rings. The predicted molar refractivity (Wildman–Crippen MR) is 122 cm³/mol. The van der Waals surface area contributed by atoms with E-state index in [9.17, 15) is 14.4 Å². The van der Waals surface area contributed by atoms with Crippen molar-refractivity contribution >= 4 is 17.5 Å². The van der Waals surface area contributed by atoms with Gasteiger partial charge in [0.1, 0.15) is 5.75 Å². The fraction of sp³-hybridized carbons (Fsp3) is 0.273. The highest BCUT2D eigenvalue weighted by molar-refractivity contribution is 6.30. The summed E-state index contributed by atoms with van der Waals surface area (Å²) in [4.78, 5) is 40.9. The van der Waals surface area contributed by atoms with Gasteiger partial charge in [-0.25, -0.2) is 4.79 Å². The Hall–Kier alpha value is -3.43. The first-order valence-electron chi connectivity index (χ1n) is 9.86. The molecule has 10 heteroatoms. The molecule has 9 nitrogen and oxygen atoms in total. The number of likely N-dealkylation sites (N-methyl/N-ethyl adjacent to an activating group) is 1. The van der Waals surface area contributed by atoms with Crippen LogP contribution in [-0.4, -0.2) is 59.4 Å². The number of nitrogens with one attached hydrogen (secondary N) is 1. The third-order valence-corrected chi connectivity index (χ3v) is 4.90. The lowest BCUT2D eigenvalue weighted by Gasteiger charge is -2.13. The summed E-state index contributed by atoms with van der Waals surface area (Å²) in [5, 5.41) is 7.24. The van der Waals surface area contributed by atoms with Gasteiger partial charge < -0.3 is 15.0 Å². The number of hydrogen-bond donors (Lipinski definition) is 1. The summed E-state index contributed by atoms with van der Waals surface area (Å²) in [6.45, 7) is 0.846. The van der Waals surface area contributed by atoms with E-state index in [2.05, 4.69) is 10.4 Å². The molecule has 0 aliphatic carbocycles. The molecule has 0 saturated carbocycles. The molecule has 0 aliphatic rings. The average Bonchev–Trinajstić information content (AvgIpc) is 2.76. The normalized spacial score (nSPS) is 10.9. The largest absolute Gasteiger partial charge is 0.497 e. The summed E-state index contributed by atoms with van der Waals surface area (Å²) in [7, 11) is 5.26. The van der Waals surface area contributed by atoms with E-state index in [4.69, 9.17) is 16.3 Å². The van der Waals surface area contributed by atoms with E-state index < -0.39 is 17.2 Å². The van der Waals surface area contributed by atoms with Crippen molar-refractivity contribution in [2.75, 3.05) is 34.3 Å². The summed E-state index contributed by atoms with van der Waals surface area (Å²) in [5.74, 6) is -0.0605. The van der Waals surface area contributed by atoms with Crippen molar-refractivity contribution in [3.63, 3.8) is 0 Å². The molecular weight excluding hydrogens is 434 g/mol. The van der Waals surface area contributed by atoms with Gasteiger partial charge in [0.05, 0.1) is 19.3 Å². The zero-order chi connectivity index (χ0) is 23.3. The Morgan fingerprint density at radius 1 is 1.16 bits per heavy atom. The van der Waals surface area contributed by atoms with Gasteiger partial charge in [-0.15, -0.1) is 0 Å². The lowest BCUT2D eigenvalue weighted by atomic mass is 10.2. The molecule has 0 atom stereocenters. The van der Waals surface area contributed by atoms with Gasteiger partial charge >= 0.3 is 5.69 Å². The van der Waals surface area contributed by atoms with E-state index in [1.165, 1.54) is 7.11 Å². The maximum Gasteiger partial charge on any atom is 0.352 e. The van der Waals surface area contributed by atoms with Gasteiger partial charge in [-0.1, -0.05) is 23.7 Å². The number of amides is 1. The minimum atomic E-state index is -0.776. The molecule has 0 fully saturated rings. The van der Waals surface area contributed by atoms with Crippen LogP contribution in [0, 0.1) is 0 Å². The van der Waals surface area contributed by atoms with Crippen LogP contribution in [0.3, 0.4) is 0 Å². The molecular formula is C22H24ClN5O4. The number of rotatable bonds is 8. The van der Waals surface area contributed by atoms with Crippen molar-refractivity contribution in [1.29, 1.82) is 0 Å². The molecule has 0 bridgehead atoms. The molecule has 1 heterocycles. The molecule has 0 spiro atoms. The zero-order valence-electron chi connectivity index (χ0n) is 18.0. The Balaban J connectivity index is 2.10. The maximum absolute atomic E-state index is 13.2. The second-order valence-electron chi connectivity index (χ2n) is 7.32. The van der Waals surface area contributed by atoms with Crippen molar-refractivity contribution < 1.29 is 9.53 Å². The van der Waals surface area contributed by atoms with Crippen molar-refractivity contribution in [3.8, 4) is 11.4 Å². The molecule has 0 unspecified atom stereocenters. The monoisotopic (exact) mass is 457 g/mol. The van der Waals surface area contributed by atoms with E-state index >= 15 is 0 Å². The molecule has 3 rings (SSSR count). The van der Waals surface area contributed by atoms with Crippen LogP contribution in [0.4, 0.5) is 0 Å². The molecule has 0 radical (unpaired) electrons. The molecule has 1 amide bonds. The van der Waals surface area contributed by atoms with Crippen LogP contribution in [0.5, 0.6) is 5.75 Å². The number of carbonyl (C=O) groups is 1. The number of hydrogen-bond acceptors (Lipinski definition) is 6. The van der Waals surface area contributed by atoms with Crippen molar-refractivity contribution in [1.82, 2.24) is 24.6 Å². The van der Waals surface area contributed by atoms with E-state index in [-0.39, 0.29) is 12.2 Å². The minimum Gasteiger partial charge on any atom is -0.497 e. The maximum atomic E-state index is 13.2. The Morgan fingerprint density at radius 3 is 2.50 bits per heavy atom. The fourth-order valence-corrected chi connectivity index (χ4v) is 3.20. The molecule has 1 aromatic heterocycles. The summed E-state index contributed by atoms with van der Waals surface area (Å²) in [6.07, 6.45) is 0. The van der Waals surface area contributed by atoms with Gasteiger partial charge in [0.15, 0.2) is 0 Å². The second kappa shape index (κ2) is 10.3. The number of carbonyl (C=O) groups excluding carboxylic acids is 1. The van der Waals surface area contributed by atoms with Crippen LogP contribution in [0.15, 0.2) is 58.1 Å². The molecule has 1 N–H and O–H groups in total. The zero-order valence-corrected chi connectivity index (χ0v) is 18.8. The lowest BCUT2D eigenvalue weighted by Crippen LogP contribution is -2.46. The van der Waals surface area contributed by atoms with E-state index in [1.54, 1.807) is 48.5 Å². The van der Waals surface area contributed by atoms with Gasteiger partial charge in [0, 0.05) is 18.1 Å². The standard InChI is InChI=1S/C22H24ClN5O4/c1-26(2)12-11-24-20(29)19-21(30)27(14-15-5-4-6-16(23)13-15)22(31)28(25-19)17-7-9-18(32-3)10-8-17/h4-10,13H,11-12,14H2,1-3H3,(H,24,29). The first-order chi connectivity index (χ1) is 15.3. The number of methoxy groups -OCH3 is 1. The number of nitrogens with zero attached hydrogens (tertiary/aromatic N) is 4. The van der Waals surface area contributed by atoms with E-state index in [0.29, 0.717) is 35.1 Å². The van der Waals surface area contributed by atoms with Gasteiger partial charge in [-0.05, 0) is 56.1 Å². The highest BCUT2D eigenvalue weighted by atomic mass is 35.5. The Bertz CT molecular complexity index is 1220. The van der Waals surface area contributed by atoms with Crippen molar-refractivity contribution in [2.45, 2.75) is 6.54 Å². The van der Waals surface area contributed by atoms with Gasteiger partial charge in [-0.3, -0.25) is 14.2 Å². The Kier molecular flexibility index (Phi) is 7.45. The summed E-state index contributed by atoms with van der Waals surface area (Å²) in [5.41, 5.74) is -0.797. The molecule has 32 heavy (non-hydrogen) atoms. The van der Waals surface area contributed by atoms with Crippen molar-refractivity contribution in [3.05, 3.63) is 85.6 Å². The fourth-order valence-electron chi connectivity index (χ4n) is 2.98. The summed E-state index contributed by atoms with van der Waals surface area (Å²) >= 11 is 6.05. The van der Waals surface area contributed by atoms with Crippen LogP contribution in [0.25, 0.3) is 5.69 Å². The van der Waals surface area contributed by atoms with Crippen LogP contribution in [0.1, 0.15) is 16.1 Å². The summed E-state index contributed by atoms with van der Waals surface area (Å²) in [6, 6.07) is 13.4. The number of benzene rings is 2. The number of aromatic nitrogens is 3. The number of ether oxygens (including phenoxy) is 1. The van der Waals surface area contributed by atoms with E-state index in [1.807, 2.05) is 19.0 Å². The van der Waals surface area contributed by atoms with Crippen LogP contribution >= 0.6 is 11.6 Å². The lowest BCUT2D eigenvalue weighted by molar-refractivity contribution is 0.0941. The average molecular weight is 458 g/mol. The number of halogens is 1. The summed E-state index contributed by atoms with van der Waals surface area (Å²) < 4.78 is 7.16. The minimum absolute atomic E-state index is 0.0606. The first-order valence-corrected chi connectivity index (χ1v) is 10.2. The molecule has 168 valence electrons. The molecule has 0 aliphatic heterocycles. The predicted octanol–water partition coefficient (Wildman–Crippen LogP) is 1.40. The van der Waals surface area contributed by atoms with Crippen LogP contribution in [0.2, 0.25) is 5.02 Å². The van der Waals surface area contributed by atoms with Crippen LogP contribution < -0.4 is 21.3 Å². The molecule has 0 saturated heterocycles. The topological polar surface area (TPSA) is 98.5 Å². The smallest absolute Gasteiger partial charge is 0.352 e. The third kappa shape index (κ3) is 5.43.